The minimum atomic E-state index is 0.245. The zero-order chi connectivity index (χ0) is 12.8. The lowest BCUT2D eigenvalue weighted by Crippen LogP contribution is -2.29. The standard InChI is InChI=1S/C14H31NO2/c1-2-3-4-5-6-7-10-15(12-14-17)11-8-9-13-16/h16-17H,2-14H2,1H3. The van der Waals surface area contributed by atoms with E-state index in [9.17, 15) is 0 Å². The Kier molecular flexibility index (Phi) is 13.8. The van der Waals surface area contributed by atoms with Gasteiger partial charge in [-0.15, -0.1) is 0 Å². The first-order chi connectivity index (χ1) is 8.35. The molecule has 0 rings (SSSR count). The summed E-state index contributed by atoms with van der Waals surface area (Å²) in [5, 5.41) is 17.7. The lowest BCUT2D eigenvalue weighted by molar-refractivity contribution is 0.185. The number of rotatable bonds is 13. The molecule has 0 saturated carbocycles. The molecule has 0 aliphatic rings. The Morgan fingerprint density at radius 3 is 1.82 bits per heavy atom. The fraction of sp³-hybridized carbons (Fsp3) is 1.00. The molecule has 0 spiro atoms. The molecule has 2 N–H and O–H groups in total. The summed E-state index contributed by atoms with van der Waals surface area (Å²) in [6.45, 7) is 5.65. The van der Waals surface area contributed by atoms with Crippen LogP contribution in [-0.4, -0.2) is 48.0 Å². The van der Waals surface area contributed by atoms with Gasteiger partial charge in [-0.05, 0) is 32.4 Å². The molecule has 0 heterocycles. The summed E-state index contributed by atoms with van der Waals surface area (Å²) in [5.41, 5.74) is 0. The minimum Gasteiger partial charge on any atom is -0.396 e. The predicted molar refractivity (Wildman–Crippen MR) is 73.2 cm³/mol. The highest BCUT2D eigenvalue weighted by atomic mass is 16.3. The van der Waals surface area contributed by atoms with E-state index in [1.807, 2.05) is 0 Å². The average molecular weight is 245 g/mol. The van der Waals surface area contributed by atoms with Crippen molar-refractivity contribution in [1.82, 2.24) is 4.90 Å². The van der Waals surface area contributed by atoms with Crippen molar-refractivity contribution in [2.45, 2.75) is 58.3 Å². The molecule has 0 fully saturated rings. The number of aliphatic hydroxyl groups excluding tert-OH is 2. The van der Waals surface area contributed by atoms with Gasteiger partial charge in [0.25, 0.3) is 0 Å². The molecular weight excluding hydrogens is 214 g/mol. The summed E-state index contributed by atoms with van der Waals surface area (Å²) in [4.78, 5) is 2.31. The second-order valence-corrected chi connectivity index (χ2v) is 4.76. The van der Waals surface area contributed by atoms with E-state index in [-0.39, 0.29) is 13.2 Å². The van der Waals surface area contributed by atoms with Crippen LogP contribution in [0.3, 0.4) is 0 Å². The van der Waals surface area contributed by atoms with Crippen LogP contribution in [0.15, 0.2) is 0 Å². The summed E-state index contributed by atoms with van der Waals surface area (Å²) in [6, 6.07) is 0. The highest BCUT2D eigenvalue weighted by molar-refractivity contribution is 4.58. The van der Waals surface area contributed by atoms with Gasteiger partial charge in [0.1, 0.15) is 0 Å². The second kappa shape index (κ2) is 13.9. The fourth-order valence-electron chi connectivity index (χ4n) is 2.04. The van der Waals surface area contributed by atoms with Gasteiger partial charge in [-0.3, -0.25) is 0 Å². The van der Waals surface area contributed by atoms with E-state index < -0.39 is 0 Å². The van der Waals surface area contributed by atoms with Gasteiger partial charge >= 0.3 is 0 Å². The van der Waals surface area contributed by atoms with Gasteiger partial charge in [0.15, 0.2) is 0 Å². The van der Waals surface area contributed by atoms with Crippen molar-refractivity contribution in [3.8, 4) is 0 Å². The van der Waals surface area contributed by atoms with Crippen LogP contribution in [0.5, 0.6) is 0 Å². The van der Waals surface area contributed by atoms with Crippen LogP contribution in [-0.2, 0) is 0 Å². The quantitative estimate of drug-likeness (QED) is 0.490. The maximum absolute atomic E-state index is 8.97. The first-order valence-electron chi connectivity index (χ1n) is 7.29. The third-order valence-electron chi connectivity index (χ3n) is 3.13. The summed E-state index contributed by atoms with van der Waals surface area (Å²) in [5.74, 6) is 0. The number of nitrogens with zero attached hydrogens (tertiary/aromatic N) is 1. The zero-order valence-corrected chi connectivity index (χ0v) is 11.5. The fourth-order valence-corrected chi connectivity index (χ4v) is 2.04. The molecule has 0 amide bonds. The summed E-state index contributed by atoms with van der Waals surface area (Å²) >= 11 is 0. The zero-order valence-electron chi connectivity index (χ0n) is 11.5. The normalized spacial score (nSPS) is 11.3. The highest BCUT2D eigenvalue weighted by Crippen LogP contribution is 2.06. The largest absolute Gasteiger partial charge is 0.396 e. The Morgan fingerprint density at radius 1 is 0.647 bits per heavy atom. The molecule has 0 aromatic carbocycles. The summed E-state index contributed by atoms with van der Waals surface area (Å²) in [6.07, 6.45) is 9.82. The monoisotopic (exact) mass is 245 g/mol. The molecule has 104 valence electrons. The van der Waals surface area contributed by atoms with Crippen LogP contribution in [0.2, 0.25) is 0 Å². The lowest BCUT2D eigenvalue weighted by Gasteiger charge is -2.20. The van der Waals surface area contributed by atoms with E-state index in [1.165, 1.54) is 38.5 Å². The Bertz CT molecular complexity index is 142. The van der Waals surface area contributed by atoms with Crippen molar-refractivity contribution in [1.29, 1.82) is 0 Å². The molecule has 0 radical (unpaired) electrons. The minimum absolute atomic E-state index is 0.245. The summed E-state index contributed by atoms with van der Waals surface area (Å²) in [7, 11) is 0. The van der Waals surface area contributed by atoms with Gasteiger partial charge in [0, 0.05) is 13.2 Å². The van der Waals surface area contributed by atoms with Gasteiger partial charge in [0.05, 0.1) is 6.61 Å². The predicted octanol–water partition coefficient (Wildman–Crippen LogP) is 2.41. The molecule has 0 aliphatic heterocycles. The smallest absolute Gasteiger partial charge is 0.0558 e. The number of hydrogen-bond acceptors (Lipinski definition) is 3. The van der Waals surface area contributed by atoms with Crippen LogP contribution in [0, 0.1) is 0 Å². The molecule has 17 heavy (non-hydrogen) atoms. The second-order valence-electron chi connectivity index (χ2n) is 4.76. The van der Waals surface area contributed by atoms with Gasteiger partial charge in [-0.25, -0.2) is 0 Å². The molecule has 0 aromatic heterocycles. The third kappa shape index (κ3) is 12.1. The first kappa shape index (κ1) is 16.9. The first-order valence-corrected chi connectivity index (χ1v) is 7.29. The molecule has 3 nitrogen and oxygen atoms in total. The highest BCUT2D eigenvalue weighted by Gasteiger charge is 2.03. The van der Waals surface area contributed by atoms with Crippen LogP contribution in [0.25, 0.3) is 0 Å². The molecule has 0 unspecified atom stereocenters. The Balaban J connectivity index is 3.41. The molecular formula is C14H31NO2. The van der Waals surface area contributed by atoms with Gasteiger partial charge in [-0.2, -0.15) is 0 Å². The van der Waals surface area contributed by atoms with Crippen molar-refractivity contribution >= 4 is 0 Å². The number of unbranched alkanes of at least 4 members (excludes halogenated alkanes) is 6. The van der Waals surface area contributed by atoms with Gasteiger partial charge in [-0.1, -0.05) is 39.0 Å². The molecule has 0 aliphatic carbocycles. The summed E-state index contributed by atoms with van der Waals surface area (Å²) < 4.78 is 0. The van der Waals surface area contributed by atoms with E-state index in [1.54, 1.807) is 0 Å². The van der Waals surface area contributed by atoms with Crippen molar-refractivity contribution in [2.75, 3.05) is 32.8 Å². The van der Waals surface area contributed by atoms with Crippen molar-refractivity contribution < 1.29 is 10.2 Å². The molecule has 0 bridgehead atoms. The molecule has 0 atom stereocenters. The van der Waals surface area contributed by atoms with Gasteiger partial charge in [0.2, 0.25) is 0 Å². The van der Waals surface area contributed by atoms with E-state index in [2.05, 4.69) is 11.8 Å². The third-order valence-corrected chi connectivity index (χ3v) is 3.13. The van der Waals surface area contributed by atoms with Crippen molar-refractivity contribution in [3.05, 3.63) is 0 Å². The van der Waals surface area contributed by atoms with Crippen LogP contribution >= 0.6 is 0 Å². The van der Waals surface area contributed by atoms with Crippen molar-refractivity contribution in [2.24, 2.45) is 0 Å². The Hall–Kier alpha value is -0.120. The Labute approximate surface area is 107 Å². The van der Waals surface area contributed by atoms with Gasteiger partial charge < -0.3 is 15.1 Å². The van der Waals surface area contributed by atoms with Crippen LogP contribution in [0.4, 0.5) is 0 Å². The number of hydrogen-bond donors (Lipinski definition) is 2. The topological polar surface area (TPSA) is 43.7 Å². The number of aliphatic hydroxyl groups is 2. The Morgan fingerprint density at radius 2 is 1.24 bits per heavy atom. The lowest BCUT2D eigenvalue weighted by atomic mass is 10.1. The SMILES string of the molecule is CCCCCCCCN(CCO)CCCCO. The molecule has 0 aromatic rings. The molecule has 0 saturated heterocycles. The maximum atomic E-state index is 8.97. The average Bonchev–Trinajstić information content (AvgIpc) is 2.34. The van der Waals surface area contributed by atoms with E-state index in [0.29, 0.717) is 0 Å². The molecule has 3 heteroatoms. The van der Waals surface area contributed by atoms with Crippen LogP contribution in [0.1, 0.15) is 58.3 Å². The van der Waals surface area contributed by atoms with E-state index >= 15 is 0 Å². The van der Waals surface area contributed by atoms with Crippen molar-refractivity contribution in [3.63, 3.8) is 0 Å². The van der Waals surface area contributed by atoms with E-state index in [0.717, 1.165) is 32.5 Å². The van der Waals surface area contributed by atoms with Crippen LogP contribution < -0.4 is 0 Å². The maximum Gasteiger partial charge on any atom is 0.0558 e. The van der Waals surface area contributed by atoms with E-state index in [4.69, 9.17) is 10.2 Å².